The first-order chi connectivity index (χ1) is 71.8. The normalized spacial score (nSPS) is 11.5. The van der Waals surface area contributed by atoms with Gasteiger partial charge in [-0.1, -0.05) is 500 Å². The zero-order chi connectivity index (χ0) is 102. The van der Waals surface area contributed by atoms with Crippen molar-refractivity contribution in [3.63, 3.8) is 0 Å². The lowest BCUT2D eigenvalue weighted by molar-refractivity contribution is 0.232. The van der Waals surface area contributed by atoms with Gasteiger partial charge in [0, 0.05) is 0 Å². The monoisotopic (exact) mass is 2000 g/mol. The van der Waals surface area contributed by atoms with Crippen molar-refractivity contribution < 1.29 is 47.4 Å². The van der Waals surface area contributed by atoms with Crippen LogP contribution < -0.4 is 47.4 Å². The van der Waals surface area contributed by atoms with Crippen molar-refractivity contribution in [2.45, 2.75) is 537 Å². The summed E-state index contributed by atoms with van der Waals surface area (Å²) < 4.78 is 69.8. The molecule has 8 aromatic rings. The molecule has 0 fully saturated rings. The molecule has 0 spiro atoms. The summed E-state index contributed by atoms with van der Waals surface area (Å²) in [4.78, 5) is 0. The maximum absolute atomic E-state index is 6.78. The van der Waals surface area contributed by atoms with Gasteiger partial charge in [-0.2, -0.15) is 0 Å². The summed E-state index contributed by atoms with van der Waals surface area (Å²) in [6, 6.07) is 41.1. The van der Waals surface area contributed by atoms with Crippen molar-refractivity contribution in [3.8, 4) is 68.9 Å². The quantitative estimate of drug-likeness (QED) is 0.0332. The molecular formula is C129H206N6O10. The molecule has 0 saturated carbocycles. The van der Waals surface area contributed by atoms with Gasteiger partial charge in [0.2, 0.25) is 11.5 Å². The van der Waals surface area contributed by atoms with E-state index in [0.29, 0.717) is 52.9 Å². The second kappa shape index (κ2) is 84.4. The number of rotatable bonds is 100. The molecule has 0 N–H and O–H groups in total. The fourth-order valence-electron chi connectivity index (χ4n) is 19.5. The highest BCUT2D eigenvalue weighted by Gasteiger charge is 2.21. The highest BCUT2D eigenvalue weighted by Crippen LogP contribution is 2.43. The molecule has 16 nitrogen and oxygen atoms in total. The summed E-state index contributed by atoms with van der Waals surface area (Å²) in [7, 11) is 0. The van der Waals surface area contributed by atoms with Crippen LogP contribution in [0.1, 0.15) is 537 Å². The molecule has 2 aromatic heterocycles. The first kappa shape index (κ1) is 122. The minimum absolute atomic E-state index is 0.279. The predicted molar refractivity (Wildman–Crippen MR) is 608 cm³/mol. The van der Waals surface area contributed by atoms with Crippen LogP contribution >= 0.6 is 0 Å². The summed E-state index contributed by atoms with van der Waals surface area (Å²) in [5.41, 5.74) is 7.52. The van der Waals surface area contributed by atoms with Crippen molar-refractivity contribution in [1.29, 1.82) is 0 Å². The van der Waals surface area contributed by atoms with Crippen LogP contribution in [0.3, 0.4) is 0 Å². The van der Waals surface area contributed by atoms with Crippen LogP contribution in [0.4, 0.5) is 0 Å². The lowest BCUT2D eigenvalue weighted by Gasteiger charge is -2.19. The van der Waals surface area contributed by atoms with Crippen LogP contribution in [0.15, 0.2) is 134 Å². The number of unbranched alkanes of at least 4 members (excludes halogenated alkanes) is 66. The van der Waals surface area contributed by atoms with Crippen LogP contribution in [-0.4, -0.2) is 69.6 Å². The minimum Gasteiger partial charge on any atom is -0.490 e. The SMILES string of the molecule is CCCCCCCCCCCCCCOc1cc(COc2ccc(-n3cc(COc4ccc(Cc5ccc(OCc6cn(-c7ccc(OCc8cc(OCCCCCCCCCCCCCC)c(OCCCCCCCCCCCCCC)c(OCCCCCCCCCCCCCC)c8)cc7)nn6)cc5)cc4)nn3)cc2)cc(OCCCCCCCCCCCCCC)c1OCCCCCCCCCCCCCC. The Balaban J connectivity index is 0.801. The van der Waals surface area contributed by atoms with Gasteiger partial charge in [0.1, 0.15) is 60.8 Å². The molecule has 6 aromatic carbocycles. The van der Waals surface area contributed by atoms with E-state index in [0.717, 1.165) is 136 Å². The zero-order valence-electron chi connectivity index (χ0n) is 93.2. The van der Waals surface area contributed by atoms with Crippen molar-refractivity contribution in [3.05, 3.63) is 167 Å². The highest BCUT2D eigenvalue weighted by atomic mass is 16.6. The van der Waals surface area contributed by atoms with Crippen LogP contribution in [0.5, 0.6) is 57.5 Å². The fourth-order valence-corrected chi connectivity index (χ4v) is 19.5. The van der Waals surface area contributed by atoms with E-state index in [4.69, 9.17) is 47.4 Å². The van der Waals surface area contributed by atoms with Gasteiger partial charge in [-0.15, -0.1) is 10.2 Å². The molecule has 0 bridgehead atoms. The molecule has 0 atom stereocenters. The molecule has 0 aliphatic carbocycles. The second-order valence-electron chi connectivity index (χ2n) is 42.2. The van der Waals surface area contributed by atoms with Crippen LogP contribution in [0.25, 0.3) is 11.4 Å². The smallest absolute Gasteiger partial charge is 0.203 e. The molecule has 0 unspecified atom stereocenters. The summed E-state index contributed by atoms with van der Waals surface area (Å²) >= 11 is 0. The summed E-state index contributed by atoms with van der Waals surface area (Å²) in [5, 5.41) is 18.0. The van der Waals surface area contributed by atoms with Gasteiger partial charge in [0.05, 0.1) is 63.4 Å². The Hall–Kier alpha value is -8.40. The minimum atomic E-state index is 0.279. The summed E-state index contributed by atoms with van der Waals surface area (Å²) in [6.07, 6.45) is 98.6. The van der Waals surface area contributed by atoms with Gasteiger partial charge in [0.25, 0.3) is 0 Å². The van der Waals surface area contributed by atoms with E-state index in [9.17, 15) is 0 Å². The maximum Gasteiger partial charge on any atom is 0.203 e. The molecule has 0 aliphatic heterocycles. The highest BCUT2D eigenvalue weighted by molar-refractivity contribution is 5.55. The van der Waals surface area contributed by atoms with Gasteiger partial charge in [-0.3, -0.25) is 0 Å². The van der Waals surface area contributed by atoms with Gasteiger partial charge in [-0.05, 0) is 164 Å². The van der Waals surface area contributed by atoms with Crippen molar-refractivity contribution in [2.75, 3.05) is 39.6 Å². The van der Waals surface area contributed by atoms with E-state index in [1.165, 1.54) is 435 Å². The number of hydrogen-bond donors (Lipinski definition) is 0. The maximum atomic E-state index is 6.78. The molecule has 812 valence electrons. The number of hydrogen-bond acceptors (Lipinski definition) is 14. The molecule has 145 heavy (non-hydrogen) atoms. The van der Waals surface area contributed by atoms with E-state index in [2.05, 4.69) is 111 Å². The van der Waals surface area contributed by atoms with E-state index < -0.39 is 0 Å². The Morgan fingerprint density at radius 1 is 0.179 bits per heavy atom. The standard InChI is InChI=1S/C129H206N6O10/c1-7-13-19-25-31-37-43-49-55-61-67-73-95-136-124-102-114(103-125(137-96-74-68-62-56-50-44-38-32-26-20-14-8-2)128(124)140-99-77-71-65-59-53-47-41-35-29-23-17-11-5)108-142-122-91-83-118(84-92-122)134-106-116(130-132-134)110-144-120-87-79-112(80-88-120)101-113-81-89-121(90-82-113)145-111-117-107-135(133-131-117)119-85-93-123(94-86-119)143-109-115-104-126(138-97-75-69-63-57-51-45-39-33-27-21-15-9-3)129(141-100-78-72-66-60-54-48-42-36-30-24-18-12-6)127(105-115)139-98-76-70-64-58-52-46-40-34-28-22-16-10-4/h79-94,102-107H,7-78,95-101,108-111H2,1-6H3. The van der Waals surface area contributed by atoms with Crippen molar-refractivity contribution in [1.82, 2.24) is 30.0 Å². The predicted octanol–water partition coefficient (Wildman–Crippen LogP) is 39.2. The van der Waals surface area contributed by atoms with Gasteiger partial charge in [-0.25, -0.2) is 9.36 Å². The molecule has 0 amide bonds. The van der Waals surface area contributed by atoms with E-state index >= 15 is 0 Å². The molecule has 0 radical (unpaired) electrons. The largest absolute Gasteiger partial charge is 0.490 e. The zero-order valence-corrected chi connectivity index (χ0v) is 93.2. The number of benzene rings is 6. The Bertz CT molecular complexity index is 3940. The van der Waals surface area contributed by atoms with Crippen LogP contribution in [-0.2, 0) is 32.8 Å². The topological polar surface area (TPSA) is 154 Å². The number of nitrogens with zero attached hydrogens (tertiary/aromatic N) is 6. The summed E-state index contributed by atoms with van der Waals surface area (Å²) in [5.74, 6) is 7.56. The fraction of sp³-hybridized carbons (Fsp3) is 0.690. The third-order valence-electron chi connectivity index (χ3n) is 28.8. The lowest BCUT2D eigenvalue weighted by atomic mass is 10.0. The Kier molecular flexibility index (Phi) is 70.9. The molecule has 0 aliphatic rings. The average Bonchev–Trinajstić information content (AvgIpc) is 1.50. The van der Waals surface area contributed by atoms with Gasteiger partial charge < -0.3 is 47.4 Å². The summed E-state index contributed by atoms with van der Waals surface area (Å²) in [6.45, 7) is 18.9. The van der Waals surface area contributed by atoms with Crippen molar-refractivity contribution in [2.24, 2.45) is 0 Å². The second-order valence-corrected chi connectivity index (χ2v) is 42.2. The van der Waals surface area contributed by atoms with Gasteiger partial charge in [0.15, 0.2) is 23.0 Å². The molecule has 16 heteroatoms. The van der Waals surface area contributed by atoms with E-state index in [-0.39, 0.29) is 13.2 Å². The molecule has 0 saturated heterocycles. The molecular weight excluding hydrogens is 1790 g/mol. The van der Waals surface area contributed by atoms with Crippen LogP contribution in [0, 0.1) is 0 Å². The Morgan fingerprint density at radius 2 is 0.359 bits per heavy atom. The number of aromatic nitrogens is 6. The lowest BCUT2D eigenvalue weighted by Crippen LogP contribution is -2.08. The third kappa shape index (κ3) is 58.4. The first-order valence-corrected chi connectivity index (χ1v) is 60.7. The van der Waals surface area contributed by atoms with Crippen molar-refractivity contribution >= 4 is 0 Å². The molecule has 2 heterocycles. The number of ether oxygens (including phenoxy) is 10. The third-order valence-corrected chi connectivity index (χ3v) is 28.8. The van der Waals surface area contributed by atoms with E-state index in [1.807, 2.05) is 85.2 Å². The van der Waals surface area contributed by atoms with Gasteiger partial charge >= 0.3 is 0 Å². The van der Waals surface area contributed by atoms with E-state index in [1.54, 1.807) is 9.36 Å². The average molecular weight is 2000 g/mol. The first-order valence-electron chi connectivity index (χ1n) is 60.7. The van der Waals surface area contributed by atoms with Crippen LogP contribution in [0.2, 0.25) is 0 Å². The Morgan fingerprint density at radius 3 is 0.566 bits per heavy atom. The Labute approximate surface area is 884 Å². The molecule has 8 rings (SSSR count).